The predicted octanol–water partition coefficient (Wildman–Crippen LogP) is 2.69. The molecule has 2 N–H and O–H groups in total. The summed E-state index contributed by atoms with van der Waals surface area (Å²) in [5, 5.41) is 6.55. The second-order valence-corrected chi connectivity index (χ2v) is 7.52. The minimum absolute atomic E-state index is 0.0575. The summed E-state index contributed by atoms with van der Waals surface area (Å²) in [6.07, 6.45) is 1.72. The van der Waals surface area contributed by atoms with E-state index in [4.69, 9.17) is 4.74 Å². The van der Waals surface area contributed by atoms with Gasteiger partial charge in [0, 0.05) is 26.2 Å². The topological polar surface area (TPSA) is 66.0 Å². The third-order valence-corrected chi connectivity index (χ3v) is 5.32. The SMILES string of the molecule is CCNC(=NCC(=O)N1CCc2ccccc2C1)NCCc1cc(C)ccc1OC. The van der Waals surface area contributed by atoms with Gasteiger partial charge in [-0.3, -0.25) is 4.79 Å². The number of aryl methyl sites for hydroxylation is 1. The number of rotatable bonds is 7. The minimum atomic E-state index is 0.0575. The van der Waals surface area contributed by atoms with Crippen LogP contribution in [0.2, 0.25) is 0 Å². The van der Waals surface area contributed by atoms with Gasteiger partial charge in [0.25, 0.3) is 0 Å². The number of nitrogens with one attached hydrogen (secondary N) is 2. The Kier molecular flexibility index (Phi) is 7.71. The number of hydrogen-bond donors (Lipinski definition) is 2. The van der Waals surface area contributed by atoms with Crippen LogP contribution in [0.1, 0.15) is 29.2 Å². The van der Waals surface area contributed by atoms with Crippen molar-refractivity contribution in [3.8, 4) is 5.75 Å². The van der Waals surface area contributed by atoms with Crippen molar-refractivity contribution in [2.75, 3.05) is 33.3 Å². The third kappa shape index (κ3) is 5.75. The highest BCUT2D eigenvalue weighted by Crippen LogP contribution is 2.20. The first kappa shape index (κ1) is 21.7. The summed E-state index contributed by atoms with van der Waals surface area (Å²) >= 11 is 0. The van der Waals surface area contributed by atoms with Crippen LogP contribution in [0.5, 0.6) is 5.75 Å². The summed E-state index contributed by atoms with van der Waals surface area (Å²) in [5.41, 5.74) is 4.94. The number of methoxy groups -OCH3 is 1. The van der Waals surface area contributed by atoms with Crippen molar-refractivity contribution >= 4 is 11.9 Å². The van der Waals surface area contributed by atoms with Crippen LogP contribution in [-0.2, 0) is 24.2 Å². The number of hydrogen-bond acceptors (Lipinski definition) is 3. The van der Waals surface area contributed by atoms with E-state index in [0.29, 0.717) is 19.0 Å². The molecule has 0 unspecified atom stereocenters. The second-order valence-electron chi connectivity index (χ2n) is 7.52. The fraction of sp³-hybridized carbons (Fsp3) is 0.417. The highest BCUT2D eigenvalue weighted by molar-refractivity contribution is 5.85. The molecule has 1 heterocycles. The van der Waals surface area contributed by atoms with Gasteiger partial charge in [-0.05, 0) is 49.4 Å². The first-order valence-corrected chi connectivity index (χ1v) is 10.6. The maximum Gasteiger partial charge on any atom is 0.244 e. The molecule has 0 saturated heterocycles. The summed E-state index contributed by atoms with van der Waals surface area (Å²) in [6, 6.07) is 14.5. The first-order valence-electron chi connectivity index (χ1n) is 10.6. The molecule has 0 spiro atoms. The monoisotopic (exact) mass is 408 g/mol. The molecule has 30 heavy (non-hydrogen) atoms. The fourth-order valence-corrected chi connectivity index (χ4v) is 3.72. The highest BCUT2D eigenvalue weighted by Gasteiger charge is 2.20. The van der Waals surface area contributed by atoms with Gasteiger partial charge in [0.1, 0.15) is 12.3 Å². The van der Waals surface area contributed by atoms with Gasteiger partial charge in [-0.15, -0.1) is 0 Å². The largest absolute Gasteiger partial charge is 0.496 e. The molecule has 0 aromatic heterocycles. The maximum atomic E-state index is 12.7. The van der Waals surface area contributed by atoms with Crippen LogP contribution in [0, 0.1) is 6.92 Å². The molecule has 0 saturated carbocycles. The van der Waals surface area contributed by atoms with Gasteiger partial charge < -0.3 is 20.3 Å². The van der Waals surface area contributed by atoms with Crippen LogP contribution in [0.15, 0.2) is 47.5 Å². The molecule has 2 aromatic carbocycles. The number of carbonyl (C=O) groups is 1. The molecule has 3 rings (SSSR count). The average Bonchev–Trinajstić information content (AvgIpc) is 2.77. The third-order valence-electron chi connectivity index (χ3n) is 5.32. The molecule has 0 fully saturated rings. The Labute approximate surface area is 179 Å². The van der Waals surface area contributed by atoms with Gasteiger partial charge in [0.05, 0.1) is 7.11 Å². The van der Waals surface area contributed by atoms with Gasteiger partial charge in [-0.1, -0.05) is 42.0 Å². The lowest BCUT2D eigenvalue weighted by Crippen LogP contribution is -2.41. The van der Waals surface area contributed by atoms with Crippen LogP contribution in [0.4, 0.5) is 0 Å². The van der Waals surface area contributed by atoms with Gasteiger partial charge in [-0.2, -0.15) is 0 Å². The van der Waals surface area contributed by atoms with E-state index in [1.807, 2.05) is 30.0 Å². The highest BCUT2D eigenvalue weighted by atomic mass is 16.5. The maximum absolute atomic E-state index is 12.7. The van der Waals surface area contributed by atoms with E-state index >= 15 is 0 Å². The molecule has 0 radical (unpaired) electrons. The number of amides is 1. The number of ether oxygens (including phenoxy) is 1. The molecule has 0 bridgehead atoms. The van der Waals surface area contributed by atoms with Crippen molar-refractivity contribution < 1.29 is 9.53 Å². The lowest BCUT2D eigenvalue weighted by molar-refractivity contribution is -0.130. The van der Waals surface area contributed by atoms with Crippen molar-refractivity contribution in [2.45, 2.75) is 33.2 Å². The lowest BCUT2D eigenvalue weighted by Gasteiger charge is -2.28. The van der Waals surface area contributed by atoms with Crippen LogP contribution in [0.25, 0.3) is 0 Å². The van der Waals surface area contributed by atoms with Crippen LogP contribution in [-0.4, -0.2) is 50.1 Å². The van der Waals surface area contributed by atoms with E-state index in [0.717, 1.165) is 37.2 Å². The normalized spacial score (nSPS) is 13.6. The summed E-state index contributed by atoms with van der Waals surface area (Å²) in [5.74, 6) is 1.61. The Bertz CT molecular complexity index is 895. The molecular weight excluding hydrogens is 376 g/mol. The van der Waals surface area contributed by atoms with Gasteiger partial charge in [-0.25, -0.2) is 4.99 Å². The standard InChI is InChI=1S/C24H32N4O2/c1-4-25-24(26-13-11-20-15-18(2)9-10-22(20)30-3)27-16-23(29)28-14-12-19-7-5-6-8-21(19)17-28/h5-10,15H,4,11-14,16-17H2,1-3H3,(H2,25,26,27). The van der Waals surface area contributed by atoms with Crippen molar-refractivity contribution in [3.05, 3.63) is 64.7 Å². The number of fused-ring (bicyclic) bond motifs is 1. The quantitative estimate of drug-likeness (QED) is 0.546. The predicted molar refractivity (Wildman–Crippen MR) is 121 cm³/mol. The van der Waals surface area contributed by atoms with E-state index in [-0.39, 0.29) is 12.5 Å². The average molecular weight is 409 g/mol. The Morgan fingerprint density at radius 1 is 1.17 bits per heavy atom. The van der Waals surface area contributed by atoms with Crippen molar-refractivity contribution in [3.63, 3.8) is 0 Å². The summed E-state index contributed by atoms with van der Waals surface area (Å²) in [7, 11) is 1.69. The van der Waals surface area contributed by atoms with E-state index in [2.05, 4.69) is 46.8 Å². The second kappa shape index (κ2) is 10.7. The Morgan fingerprint density at radius 2 is 1.97 bits per heavy atom. The molecule has 6 heteroatoms. The van der Waals surface area contributed by atoms with Crippen LogP contribution < -0.4 is 15.4 Å². The lowest BCUT2D eigenvalue weighted by atomic mass is 10.00. The fourth-order valence-electron chi connectivity index (χ4n) is 3.72. The van der Waals surface area contributed by atoms with Crippen molar-refractivity contribution in [1.29, 1.82) is 0 Å². The molecule has 1 aliphatic rings. The minimum Gasteiger partial charge on any atom is -0.496 e. The van der Waals surface area contributed by atoms with Gasteiger partial charge in [0.15, 0.2) is 5.96 Å². The van der Waals surface area contributed by atoms with Gasteiger partial charge >= 0.3 is 0 Å². The van der Waals surface area contributed by atoms with E-state index in [9.17, 15) is 4.79 Å². The molecule has 2 aromatic rings. The molecule has 6 nitrogen and oxygen atoms in total. The number of guanidine groups is 1. The molecule has 0 atom stereocenters. The number of aliphatic imine (C=N–C) groups is 1. The molecule has 1 aliphatic heterocycles. The Hall–Kier alpha value is -3.02. The van der Waals surface area contributed by atoms with E-state index in [1.54, 1.807) is 7.11 Å². The smallest absolute Gasteiger partial charge is 0.244 e. The summed E-state index contributed by atoms with van der Waals surface area (Å²) in [6.45, 7) is 7.11. The number of carbonyl (C=O) groups excluding carboxylic acids is 1. The first-order chi connectivity index (χ1) is 14.6. The zero-order valence-corrected chi connectivity index (χ0v) is 18.2. The molecule has 0 aliphatic carbocycles. The Balaban J connectivity index is 1.54. The van der Waals surface area contributed by atoms with E-state index < -0.39 is 0 Å². The molecule has 1 amide bonds. The molecule has 160 valence electrons. The number of benzene rings is 2. The van der Waals surface area contributed by atoms with Gasteiger partial charge in [0.2, 0.25) is 5.91 Å². The Morgan fingerprint density at radius 3 is 2.73 bits per heavy atom. The van der Waals surface area contributed by atoms with Crippen LogP contribution in [0.3, 0.4) is 0 Å². The van der Waals surface area contributed by atoms with Crippen LogP contribution >= 0.6 is 0 Å². The van der Waals surface area contributed by atoms with Crippen molar-refractivity contribution in [2.24, 2.45) is 4.99 Å². The summed E-state index contributed by atoms with van der Waals surface area (Å²) < 4.78 is 5.45. The molecular formula is C24H32N4O2. The zero-order valence-electron chi connectivity index (χ0n) is 18.2. The zero-order chi connectivity index (χ0) is 21.3. The number of nitrogens with zero attached hydrogens (tertiary/aromatic N) is 2. The van der Waals surface area contributed by atoms with E-state index in [1.165, 1.54) is 16.7 Å². The van der Waals surface area contributed by atoms with Crippen molar-refractivity contribution in [1.82, 2.24) is 15.5 Å². The summed E-state index contributed by atoms with van der Waals surface area (Å²) in [4.78, 5) is 19.1.